The van der Waals surface area contributed by atoms with Crippen LogP contribution in [0.25, 0.3) is 10.9 Å². The van der Waals surface area contributed by atoms with Crippen LogP contribution in [0.2, 0.25) is 0 Å². The molecule has 32 heavy (non-hydrogen) atoms. The molecule has 170 valence electrons. The summed E-state index contributed by atoms with van der Waals surface area (Å²) in [6, 6.07) is 10.8. The summed E-state index contributed by atoms with van der Waals surface area (Å²) in [5.41, 5.74) is 1.13. The predicted octanol–water partition coefficient (Wildman–Crippen LogP) is 5.44. The number of aryl methyl sites for hydroxylation is 2. The summed E-state index contributed by atoms with van der Waals surface area (Å²) in [4.78, 5) is 12.1. The van der Waals surface area contributed by atoms with Crippen LogP contribution in [0, 0.1) is 0 Å². The second kappa shape index (κ2) is 8.27. The molecule has 3 nitrogen and oxygen atoms in total. The molecule has 3 aromatic rings. The van der Waals surface area contributed by atoms with Gasteiger partial charge >= 0.3 is 12.4 Å². The average molecular weight is 454 g/mol. The van der Waals surface area contributed by atoms with E-state index in [1.54, 1.807) is 0 Å². The van der Waals surface area contributed by atoms with Crippen LogP contribution in [-0.4, -0.2) is 22.6 Å². The van der Waals surface area contributed by atoms with Gasteiger partial charge in [0.15, 0.2) is 5.78 Å². The maximum absolute atomic E-state index is 14.1. The van der Waals surface area contributed by atoms with Crippen LogP contribution in [0.15, 0.2) is 48.7 Å². The van der Waals surface area contributed by atoms with Gasteiger partial charge in [0.1, 0.15) is 6.42 Å². The predicted molar refractivity (Wildman–Crippen MR) is 107 cm³/mol. The minimum atomic E-state index is -4.64. The van der Waals surface area contributed by atoms with Crippen LogP contribution in [-0.2, 0) is 36.9 Å². The number of benzene rings is 2. The maximum atomic E-state index is 14.1. The molecular weight excluding hydrogens is 434 g/mol. The molecule has 0 radical (unpaired) electrons. The minimum Gasteiger partial charge on any atom is -0.345 e. The molecule has 9 heteroatoms. The molecule has 2 aromatic carbocycles. The highest BCUT2D eigenvalue weighted by atomic mass is 19.4. The Labute approximate surface area is 180 Å². The first-order chi connectivity index (χ1) is 15.0. The Hall–Kier alpha value is -2.81. The first-order valence-corrected chi connectivity index (χ1v) is 10.1. The second-order valence-electron chi connectivity index (χ2n) is 7.98. The van der Waals surface area contributed by atoms with Gasteiger partial charge in [-0.3, -0.25) is 4.79 Å². The summed E-state index contributed by atoms with van der Waals surface area (Å²) in [5.74, 6) is -1.03. The van der Waals surface area contributed by atoms with Crippen molar-refractivity contribution in [3.05, 3.63) is 70.9 Å². The molecule has 0 bridgehead atoms. The molecule has 0 fully saturated rings. The smallest absolute Gasteiger partial charge is 0.345 e. The molecule has 0 saturated heterocycles. The monoisotopic (exact) mass is 454 g/mol. The van der Waals surface area contributed by atoms with Gasteiger partial charge in [-0.2, -0.15) is 26.3 Å². The number of hydrogen-bond donors (Lipinski definition) is 1. The van der Waals surface area contributed by atoms with Gasteiger partial charge in [-0.15, -0.1) is 0 Å². The minimum absolute atomic E-state index is 0.00350. The fourth-order valence-electron chi connectivity index (χ4n) is 4.33. The molecule has 0 spiro atoms. The topological polar surface area (TPSA) is 34.0 Å². The van der Waals surface area contributed by atoms with Crippen molar-refractivity contribution in [3.8, 4) is 0 Å². The van der Waals surface area contributed by atoms with Crippen molar-refractivity contribution in [1.29, 1.82) is 0 Å². The zero-order valence-corrected chi connectivity index (χ0v) is 16.9. The van der Waals surface area contributed by atoms with Gasteiger partial charge in [0.05, 0.1) is 17.1 Å². The average Bonchev–Trinajstić information content (AvgIpc) is 3.01. The number of alkyl halides is 6. The van der Waals surface area contributed by atoms with Crippen LogP contribution in [0.5, 0.6) is 0 Å². The normalized spacial score (nSPS) is 16.9. The van der Waals surface area contributed by atoms with E-state index in [-0.39, 0.29) is 30.5 Å². The second-order valence-corrected chi connectivity index (χ2v) is 7.98. The number of ketones is 1. The number of halogens is 6. The molecule has 0 aliphatic carbocycles. The van der Waals surface area contributed by atoms with Crippen molar-refractivity contribution >= 4 is 16.7 Å². The van der Waals surface area contributed by atoms with E-state index >= 15 is 0 Å². The molecule has 2 heterocycles. The van der Waals surface area contributed by atoms with E-state index in [0.29, 0.717) is 17.5 Å². The van der Waals surface area contributed by atoms with Crippen molar-refractivity contribution in [2.75, 3.05) is 0 Å². The molecular formula is C23H20F6N2O. The fraction of sp³-hybridized carbons (Fsp3) is 0.348. The Bertz CT molecular complexity index is 1130. The maximum Gasteiger partial charge on any atom is 0.417 e. The van der Waals surface area contributed by atoms with Crippen LogP contribution >= 0.6 is 0 Å². The molecule has 1 aromatic heterocycles. The Kier molecular flexibility index (Phi) is 5.79. The highest BCUT2D eigenvalue weighted by molar-refractivity contribution is 5.90. The van der Waals surface area contributed by atoms with E-state index in [0.717, 1.165) is 5.56 Å². The van der Waals surface area contributed by atoms with Crippen molar-refractivity contribution in [2.45, 2.75) is 50.7 Å². The quantitative estimate of drug-likeness (QED) is 0.521. The van der Waals surface area contributed by atoms with Crippen molar-refractivity contribution < 1.29 is 31.1 Å². The Balaban J connectivity index is 1.72. The lowest BCUT2D eigenvalue weighted by atomic mass is 9.94. The number of nitrogens with one attached hydrogen (secondary N) is 1. The highest BCUT2D eigenvalue weighted by Crippen LogP contribution is 2.40. The molecule has 1 aliphatic rings. The number of Topliss-reactive ketones (excluding diaryl/α,β-unsaturated/α-hetero) is 1. The van der Waals surface area contributed by atoms with Crippen molar-refractivity contribution in [2.24, 2.45) is 0 Å². The first-order valence-electron chi connectivity index (χ1n) is 10.1. The molecule has 0 saturated carbocycles. The zero-order valence-electron chi connectivity index (χ0n) is 16.9. The summed E-state index contributed by atoms with van der Waals surface area (Å²) in [6.45, 7) is -0.155. The van der Waals surface area contributed by atoms with Crippen LogP contribution in [0.1, 0.15) is 28.7 Å². The summed E-state index contributed by atoms with van der Waals surface area (Å²) in [7, 11) is 0. The van der Waals surface area contributed by atoms with E-state index in [1.807, 2.05) is 30.3 Å². The van der Waals surface area contributed by atoms with Crippen molar-refractivity contribution in [1.82, 2.24) is 9.88 Å². The lowest BCUT2D eigenvalue weighted by Gasteiger charge is -2.17. The van der Waals surface area contributed by atoms with E-state index < -0.39 is 36.2 Å². The fourth-order valence-corrected chi connectivity index (χ4v) is 4.33. The standard InChI is InChI=1S/C23H20F6N2O/c24-22(25,26)11-19(32)18-13-31-9-8-17-20(23(27,28)29)15(10-16(12-30-18)21(17)31)7-6-14-4-2-1-3-5-14/h1-5,8-10,18,30H,6-7,11-13H2. The zero-order chi connectivity index (χ0) is 23.1. The van der Waals surface area contributed by atoms with Gasteiger partial charge in [0.25, 0.3) is 0 Å². The lowest BCUT2D eigenvalue weighted by molar-refractivity contribution is -0.154. The number of hydrogen-bond acceptors (Lipinski definition) is 2. The number of aromatic nitrogens is 1. The molecule has 1 atom stereocenters. The lowest BCUT2D eigenvalue weighted by Crippen LogP contribution is -2.40. The number of carbonyl (C=O) groups excluding carboxylic acids is 1. The third-order valence-corrected chi connectivity index (χ3v) is 5.70. The molecule has 1 unspecified atom stereocenters. The molecule has 1 N–H and O–H groups in total. The van der Waals surface area contributed by atoms with Gasteiger partial charge in [-0.1, -0.05) is 36.4 Å². The van der Waals surface area contributed by atoms with Gasteiger partial charge in [-0.05, 0) is 35.6 Å². The summed E-state index contributed by atoms with van der Waals surface area (Å²) < 4.78 is 81.6. The molecule has 4 rings (SSSR count). The van der Waals surface area contributed by atoms with E-state index in [4.69, 9.17) is 0 Å². The van der Waals surface area contributed by atoms with Crippen molar-refractivity contribution in [3.63, 3.8) is 0 Å². The van der Waals surface area contributed by atoms with E-state index in [2.05, 4.69) is 5.32 Å². The van der Waals surface area contributed by atoms with Gasteiger partial charge in [0.2, 0.25) is 0 Å². The number of nitrogens with zero attached hydrogens (tertiary/aromatic N) is 1. The van der Waals surface area contributed by atoms with Gasteiger partial charge < -0.3 is 9.88 Å². The largest absolute Gasteiger partial charge is 0.417 e. The number of carbonyl (C=O) groups is 1. The molecule has 0 amide bonds. The molecule has 1 aliphatic heterocycles. The van der Waals surface area contributed by atoms with Crippen LogP contribution < -0.4 is 5.32 Å². The third kappa shape index (κ3) is 4.67. The van der Waals surface area contributed by atoms with Gasteiger partial charge in [0, 0.05) is 24.7 Å². The Morgan fingerprint density at radius 2 is 1.75 bits per heavy atom. The van der Waals surface area contributed by atoms with E-state index in [1.165, 1.54) is 22.9 Å². The summed E-state index contributed by atoms with van der Waals surface area (Å²) in [5, 5.41) is 2.81. The van der Waals surface area contributed by atoms with E-state index in [9.17, 15) is 31.1 Å². The number of rotatable bonds is 5. The van der Waals surface area contributed by atoms with Crippen LogP contribution in [0.3, 0.4) is 0 Å². The SMILES string of the molecule is O=C(CC(F)(F)F)C1Cn2ccc3c(C(F)(F)F)c(CCc4ccccc4)cc(c32)CN1. The van der Waals surface area contributed by atoms with Crippen LogP contribution in [0.4, 0.5) is 26.3 Å². The Morgan fingerprint density at radius 3 is 2.41 bits per heavy atom. The summed E-state index contributed by atoms with van der Waals surface area (Å²) in [6.07, 6.45) is -8.84. The summed E-state index contributed by atoms with van der Waals surface area (Å²) >= 11 is 0. The van der Waals surface area contributed by atoms with Gasteiger partial charge in [-0.25, -0.2) is 0 Å². The highest BCUT2D eigenvalue weighted by Gasteiger charge is 2.38. The third-order valence-electron chi connectivity index (χ3n) is 5.70. The Morgan fingerprint density at radius 1 is 1.03 bits per heavy atom. The first kappa shape index (κ1) is 22.4.